The normalized spacial score (nSPS) is 18.1. The average Bonchev–Trinajstić information content (AvgIpc) is 3.43. The molecule has 1 rings (SSSR count). The lowest BCUT2D eigenvalue weighted by Crippen LogP contribution is -2.61. The summed E-state index contributed by atoms with van der Waals surface area (Å²) >= 11 is 0. The standard InChI is InChI=1S/C67H118O12/c1-4-7-10-13-16-19-22-25-28-30-33-35-38-41-44-47-50-53-59(68)75-56-58(77-60(69)54-51-48-45-42-39-37-34-31-29-26-23-20-17-14-11-8-5-2)57-76-67-65(63(72)62(71)64(79-67)66(73)74)78-61(70)55-52-49-46-43-40-36-32-27-24-21-18-15-12-9-6-3/h9,12,18,21,25,27-28,32,58,62-65,67,71-72H,4-8,10-11,13-17,19-20,22-24,26,29-31,33-57H2,1-3H3,(H,73,74)/b12-9-,21-18-,28-25-,32-27-. The number of esters is 3. The van der Waals surface area contributed by atoms with Gasteiger partial charge in [0.2, 0.25) is 0 Å². The predicted molar refractivity (Wildman–Crippen MR) is 322 cm³/mol. The summed E-state index contributed by atoms with van der Waals surface area (Å²) in [5, 5.41) is 31.6. The lowest BCUT2D eigenvalue weighted by Gasteiger charge is -2.40. The molecular formula is C67H118O12. The number of unbranched alkanes of at least 4 members (excludes halogenated alkanes) is 34. The van der Waals surface area contributed by atoms with Gasteiger partial charge in [0.15, 0.2) is 24.6 Å². The van der Waals surface area contributed by atoms with Crippen molar-refractivity contribution in [1.82, 2.24) is 0 Å². The fourth-order valence-electron chi connectivity index (χ4n) is 9.91. The van der Waals surface area contributed by atoms with E-state index in [1.807, 2.05) is 0 Å². The molecule has 1 fully saturated rings. The van der Waals surface area contributed by atoms with Gasteiger partial charge in [0.05, 0.1) is 6.61 Å². The van der Waals surface area contributed by atoms with Crippen molar-refractivity contribution in [3.8, 4) is 0 Å². The summed E-state index contributed by atoms with van der Waals surface area (Å²) in [5.41, 5.74) is 0. The van der Waals surface area contributed by atoms with Gasteiger partial charge in [0.1, 0.15) is 18.8 Å². The fraction of sp³-hybridized carbons (Fsp3) is 0.821. The Bertz CT molecular complexity index is 1560. The summed E-state index contributed by atoms with van der Waals surface area (Å²) < 4.78 is 28.5. The van der Waals surface area contributed by atoms with E-state index in [-0.39, 0.29) is 25.9 Å². The SMILES string of the molecule is CC/C=C\C/C=C\C/C=C\CCCCCCCC(=O)OC1C(OCC(COC(=O)CCCCCCCCC/C=C\CCCCCCCC)OC(=O)CCCCCCCCCCCCCCCCCCC)OC(C(=O)O)C(O)C1O. The number of carboxylic acids is 1. The number of aliphatic hydroxyl groups is 2. The molecule has 0 saturated carbocycles. The number of carbonyl (C=O) groups is 4. The Hall–Kier alpha value is -3.32. The maximum absolute atomic E-state index is 13.2. The van der Waals surface area contributed by atoms with Gasteiger partial charge in [-0.3, -0.25) is 14.4 Å². The number of hydrogen-bond acceptors (Lipinski definition) is 11. The summed E-state index contributed by atoms with van der Waals surface area (Å²) in [6, 6.07) is 0. The molecule has 0 aromatic carbocycles. The molecule has 12 nitrogen and oxygen atoms in total. The maximum atomic E-state index is 13.2. The van der Waals surface area contributed by atoms with Crippen molar-refractivity contribution < 1.29 is 58.2 Å². The smallest absolute Gasteiger partial charge is 0.335 e. The van der Waals surface area contributed by atoms with E-state index in [2.05, 4.69) is 69.4 Å². The van der Waals surface area contributed by atoms with Crippen LogP contribution >= 0.6 is 0 Å². The first kappa shape index (κ1) is 73.7. The molecule has 79 heavy (non-hydrogen) atoms. The van der Waals surface area contributed by atoms with Crippen LogP contribution in [0.25, 0.3) is 0 Å². The van der Waals surface area contributed by atoms with Crippen molar-refractivity contribution in [2.24, 2.45) is 0 Å². The van der Waals surface area contributed by atoms with Crippen molar-refractivity contribution in [2.75, 3.05) is 13.2 Å². The van der Waals surface area contributed by atoms with Crippen molar-refractivity contribution in [2.45, 2.75) is 340 Å². The molecule has 458 valence electrons. The fourth-order valence-corrected chi connectivity index (χ4v) is 9.91. The molecule has 1 aliphatic rings. The first-order chi connectivity index (χ1) is 38.6. The van der Waals surface area contributed by atoms with E-state index in [0.717, 1.165) is 96.3 Å². The highest BCUT2D eigenvalue weighted by molar-refractivity contribution is 5.74. The number of carboxylic acid groups (broad SMARTS) is 1. The van der Waals surface area contributed by atoms with E-state index in [9.17, 15) is 34.5 Å². The van der Waals surface area contributed by atoms with E-state index in [4.69, 9.17) is 23.7 Å². The molecule has 0 radical (unpaired) electrons. The van der Waals surface area contributed by atoms with Gasteiger partial charge in [-0.15, -0.1) is 0 Å². The number of allylic oxidation sites excluding steroid dienone is 8. The number of aliphatic hydroxyl groups excluding tert-OH is 2. The number of ether oxygens (including phenoxy) is 5. The molecule has 0 bridgehead atoms. The van der Waals surface area contributed by atoms with Crippen LogP contribution in [0.15, 0.2) is 48.6 Å². The third kappa shape index (κ3) is 45.0. The van der Waals surface area contributed by atoms with E-state index < -0.39 is 67.3 Å². The minimum Gasteiger partial charge on any atom is -0.479 e. The van der Waals surface area contributed by atoms with Gasteiger partial charge >= 0.3 is 23.9 Å². The summed E-state index contributed by atoms with van der Waals surface area (Å²) in [4.78, 5) is 51.3. The molecule has 0 aliphatic carbocycles. The van der Waals surface area contributed by atoms with Gasteiger partial charge < -0.3 is 39.0 Å². The second-order valence-corrected chi connectivity index (χ2v) is 22.4. The van der Waals surface area contributed by atoms with Crippen LogP contribution in [0.5, 0.6) is 0 Å². The molecule has 12 heteroatoms. The number of hydrogen-bond donors (Lipinski definition) is 3. The quantitative estimate of drug-likeness (QED) is 0.0228. The zero-order valence-corrected chi connectivity index (χ0v) is 50.6. The van der Waals surface area contributed by atoms with Crippen LogP contribution in [0, 0.1) is 0 Å². The van der Waals surface area contributed by atoms with Crippen LogP contribution in [0.2, 0.25) is 0 Å². The summed E-state index contributed by atoms with van der Waals surface area (Å²) in [5.74, 6) is -3.12. The first-order valence-corrected chi connectivity index (χ1v) is 32.6. The molecule has 1 aliphatic heterocycles. The van der Waals surface area contributed by atoms with E-state index in [1.54, 1.807) is 0 Å². The molecule has 1 heterocycles. The van der Waals surface area contributed by atoms with Crippen molar-refractivity contribution in [3.05, 3.63) is 48.6 Å². The van der Waals surface area contributed by atoms with Crippen LogP contribution in [-0.2, 0) is 42.9 Å². The van der Waals surface area contributed by atoms with E-state index in [1.165, 1.54) is 148 Å². The predicted octanol–water partition coefficient (Wildman–Crippen LogP) is 17.3. The number of aliphatic carboxylic acids is 1. The molecule has 1 saturated heterocycles. The minimum absolute atomic E-state index is 0.0426. The zero-order chi connectivity index (χ0) is 57.5. The Balaban J connectivity index is 2.66. The van der Waals surface area contributed by atoms with Crippen LogP contribution < -0.4 is 0 Å². The minimum atomic E-state index is -1.91. The molecule has 6 unspecified atom stereocenters. The van der Waals surface area contributed by atoms with Crippen molar-refractivity contribution in [1.29, 1.82) is 0 Å². The summed E-state index contributed by atoms with van der Waals surface area (Å²) in [7, 11) is 0. The van der Waals surface area contributed by atoms with Crippen LogP contribution in [0.4, 0.5) is 0 Å². The van der Waals surface area contributed by atoms with Gasteiger partial charge in [-0.05, 0) is 77.0 Å². The first-order valence-electron chi connectivity index (χ1n) is 32.6. The molecule has 0 aromatic rings. The highest BCUT2D eigenvalue weighted by Gasteiger charge is 2.50. The highest BCUT2D eigenvalue weighted by atomic mass is 16.7. The van der Waals surface area contributed by atoms with Crippen molar-refractivity contribution in [3.63, 3.8) is 0 Å². The number of carbonyl (C=O) groups excluding carboxylic acids is 3. The van der Waals surface area contributed by atoms with Crippen LogP contribution in [-0.4, -0.2) is 89.2 Å². The highest BCUT2D eigenvalue weighted by Crippen LogP contribution is 2.27. The average molecular weight is 1120 g/mol. The zero-order valence-electron chi connectivity index (χ0n) is 50.6. The Morgan fingerprint density at radius 3 is 1.23 bits per heavy atom. The molecule has 6 atom stereocenters. The lowest BCUT2D eigenvalue weighted by molar-refractivity contribution is -0.301. The molecule has 3 N–H and O–H groups in total. The van der Waals surface area contributed by atoms with Gasteiger partial charge in [-0.2, -0.15) is 0 Å². The Morgan fingerprint density at radius 1 is 0.430 bits per heavy atom. The Labute approximate surface area is 482 Å². The van der Waals surface area contributed by atoms with Gasteiger partial charge in [-0.25, -0.2) is 4.79 Å². The van der Waals surface area contributed by atoms with Gasteiger partial charge in [0, 0.05) is 19.3 Å². The van der Waals surface area contributed by atoms with Gasteiger partial charge in [0.25, 0.3) is 0 Å². The third-order valence-corrected chi connectivity index (χ3v) is 14.9. The maximum Gasteiger partial charge on any atom is 0.335 e. The monoisotopic (exact) mass is 1110 g/mol. The summed E-state index contributed by atoms with van der Waals surface area (Å²) in [6.45, 7) is 5.91. The summed E-state index contributed by atoms with van der Waals surface area (Å²) in [6.07, 6.45) is 55.0. The van der Waals surface area contributed by atoms with Crippen molar-refractivity contribution >= 4 is 23.9 Å². The Morgan fingerprint density at radius 2 is 0.797 bits per heavy atom. The topological polar surface area (TPSA) is 175 Å². The van der Waals surface area contributed by atoms with E-state index in [0.29, 0.717) is 19.3 Å². The van der Waals surface area contributed by atoms with E-state index >= 15 is 0 Å². The van der Waals surface area contributed by atoms with Gasteiger partial charge in [-0.1, -0.05) is 256 Å². The number of rotatable bonds is 56. The molecule has 0 amide bonds. The lowest BCUT2D eigenvalue weighted by atomic mass is 9.98. The van der Waals surface area contributed by atoms with Crippen LogP contribution in [0.1, 0.15) is 303 Å². The second-order valence-electron chi connectivity index (χ2n) is 22.4. The molecule has 0 aromatic heterocycles. The molecule has 0 spiro atoms. The van der Waals surface area contributed by atoms with Crippen LogP contribution in [0.3, 0.4) is 0 Å². The molecular weight excluding hydrogens is 997 g/mol. The third-order valence-electron chi connectivity index (χ3n) is 14.9. The largest absolute Gasteiger partial charge is 0.479 e. The Kier molecular flexibility index (Phi) is 51.5. The second kappa shape index (κ2) is 55.2.